The van der Waals surface area contributed by atoms with Crippen LogP contribution >= 0.6 is 0 Å². The molecule has 0 saturated carbocycles. The molecular weight excluding hydrogens is 361 g/mol. The number of nitrogens with zero attached hydrogens (tertiary/aromatic N) is 2. The summed E-state index contributed by atoms with van der Waals surface area (Å²) < 4.78 is 38.1. The number of nitrogens with one attached hydrogen (secondary N) is 2. The summed E-state index contributed by atoms with van der Waals surface area (Å²) in [5.41, 5.74) is -1.20. The maximum atomic E-state index is 12.7. The monoisotopic (exact) mass is 380 g/mol. The van der Waals surface area contributed by atoms with Gasteiger partial charge in [-0.15, -0.1) is 0 Å². The molecule has 1 aromatic carbocycles. The number of anilines is 1. The van der Waals surface area contributed by atoms with Gasteiger partial charge in [0.2, 0.25) is 5.91 Å². The quantitative estimate of drug-likeness (QED) is 0.433. The van der Waals surface area contributed by atoms with Crippen LogP contribution < -0.4 is 10.6 Å². The third-order valence-corrected chi connectivity index (χ3v) is 3.98. The maximum Gasteiger partial charge on any atom is 0.416 e. The average molecular weight is 380 g/mol. The topological polar surface area (TPSA) is 85.2 Å². The Labute approximate surface area is 154 Å². The van der Waals surface area contributed by atoms with E-state index in [1.807, 2.05) is 0 Å². The normalized spacial score (nSPS) is 14.8. The minimum atomic E-state index is -4.52. The number of carbonyl (C=O) groups excluding carboxylic acids is 2. The molecule has 0 radical (unpaired) electrons. The van der Waals surface area contributed by atoms with E-state index in [4.69, 9.17) is 5.26 Å². The van der Waals surface area contributed by atoms with Crippen molar-refractivity contribution in [3.8, 4) is 6.07 Å². The van der Waals surface area contributed by atoms with Crippen molar-refractivity contribution in [1.29, 1.82) is 5.26 Å². The van der Waals surface area contributed by atoms with Gasteiger partial charge in [-0.1, -0.05) is 6.07 Å². The average Bonchev–Trinajstić information content (AvgIpc) is 3.02. The van der Waals surface area contributed by atoms with Crippen LogP contribution in [0.2, 0.25) is 0 Å². The van der Waals surface area contributed by atoms with E-state index in [0.29, 0.717) is 25.9 Å². The van der Waals surface area contributed by atoms with Gasteiger partial charge in [0, 0.05) is 37.9 Å². The van der Waals surface area contributed by atoms with Crippen molar-refractivity contribution in [3.05, 3.63) is 41.6 Å². The van der Waals surface area contributed by atoms with Gasteiger partial charge in [0.1, 0.15) is 11.6 Å². The van der Waals surface area contributed by atoms with Crippen LogP contribution in [0.15, 0.2) is 36.0 Å². The Balaban J connectivity index is 1.85. The predicted octanol–water partition coefficient (Wildman–Crippen LogP) is 2.65. The fraction of sp³-hybridized carbons (Fsp3) is 0.389. The van der Waals surface area contributed by atoms with Gasteiger partial charge in [-0.2, -0.15) is 18.4 Å². The number of amides is 2. The first-order chi connectivity index (χ1) is 12.8. The number of alkyl halides is 3. The third kappa shape index (κ3) is 6.02. The second kappa shape index (κ2) is 9.07. The molecule has 1 aromatic rings. The lowest BCUT2D eigenvalue weighted by Crippen LogP contribution is -2.27. The number of hydrogen-bond acceptors (Lipinski definition) is 4. The molecule has 1 aliphatic rings. The van der Waals surface area contributed by atoms with E-state index in [2.05, 4.69) is 10.6 Å². The van der Waals surface area contributed by atoms with E-state index in [1.165, 1.54) is 18.3 Å². The molecule has 0 atom stereocenters. The van der Waals surface area contributed by atoms with Gasteiger partial charge >= 0.3 is 6.18 Å². The summed E-state index contributed by atoms with van der Waals surface area (Å²) >= 11 is 0. The fourth-order valence-corrected chi connectivity index (χ4v) is 2.61. The Hall–Kier alpha value is -3.02. The van der Waals surface area contributed by atoms with Crippen LogP contribution in [0.1, 0.15) is 24.8 Å². The second-order valence-electron chi connectivity index (χ2n) is 5.99. The predicted molar refractivity (Wildman–Crippen MR) is 92.2 cm³/mol. The summed E-state index contributed by atoms with van der Waals surface area (Å²) in [6.07, 6.45) is -1.22. The molecular formula is C18H19F3N4O2. The highest BCUT2D eigenvalue weighted by atomic mass is 19.4. The molecule has 9 heteroatoms. The minimum absolute atomic E-state index is 0.0523. The number of rotatable bonds is 7. The Morgan fingerprint density at radius 3 is 2.78 bits per heavy atom. The van der Waals surface area contributed by atoms with Crippen LogP contribution in [0.4, 0.5) is 18.9 Å². The van der Waals surface area contributed by atoms with Crippen molar-refractivity contribution in [2.75, 3.05) is 25.0 Å². The zero-order valence-electron chi connectivity index (χ0n) is 14.5. The lowest BCUT2D eigenvalue weighted by atomic mass is 10.2. The van der Waals surface area contributed by atoms with Gasteiger partial charge < -0.3 is 15.5 Å². The zero-order chi connectivity index (χ0) is 19.9. The number of benzene rings is 1. The van der Waals surface area contributed by atoms with Crippen molar-refractivity contribution >= 4 is 17.5 Å². The Morgan fingerprint density at radius 1 is 1.37 bits per heavy atom. The number of halogens is 3. The summed E-state index contributed by atoms with van der Waals surface area (Å²) in [5.74, 6) is -0.678. The molecule has 1 fully saturated rings. The molecule has 1 saturated heterocycles. The molecule has 0 spiro atoms. The molecule has 1 heterocycles. The summed E-state index contributed by atoms with van der Waals surface area (Å²) in [7, 11) is 0. The summed E-state index contributed by atoms with van der Waals surface area (Å²) in [5, 5.41) is 14.2. The molecule has 6 nitrogen and oxygen atoms in total. The van der Waals surface area contributed by atoms with Gasteiger partial charge in [-0.25, -0.2) is 0 Å². The third-order valence-electron chi connectivity index (χ3n) is 3.98. The Kier molecular flexibility index (Phi) is 6.82. The first-order valence-corrected chi connectivity index (χ1v) is 8.41. The van der Waals surface area contributed by atoms with E-state index in [-0.39, 0.29) is 17.2 Å². The minimum Gasteiger partial charge on any atom is -0.390 e. The highest BCUT2D eigenvalue weighted by Crippen LogP contribution is 2.30. The van der Waals surface area contributed by atoms with E-state index < -0.39 is 17.6 Å². The Bertz CT molecular complexity index is 769. The van der Waals surface area contributed by atoms with E-state index in [1.54, 1.807) is 11.0 Å². The second-order valence-corrected chi connectivity index (χ2v) is 5.99. The van der Waals surface area contributed by atoms with E-state index in [0.717, 1.165) is 25.1 Å². The van der Waals surface area contributed by atoms with Gasteiger partial charge in [0.05, 0.1) is 5.56 Å². The number of hydrogen-bond donors (Lipinski definition) is 2. The van der Waals surface area contributed by atoms with E-state index >= 15 is 0 Å². The van der Waals surface area contributed by atoms with E-state index in [9.17, 15) is 22.8 Å². The highest BCUT2D eigenvalue weighted by Gasteiger charge is 2.30. The molecule has 2 rings (SSSR count). The molecule has 0 aromatic heterocycles. The van der Waals surface area contributed by atoms with Crippen LogP contribution in [0, 0.1) is 11.3 Å². The molecule has 27 heavy (non-hydrogen) atoms. The van der Waals surface area contributed by atoms with Crippen molar-refractivity contribution < 1.29 is 22.8 Å². The molecule has 0 aliphatic carbocycles. The number of likely N-dealkylation sites (tertiary alicyclic amines) is 1. The standard InChI is InChI=1S/C18H19F3N4O2/c19-18(20,21)14-4-1-5-15(10-14)24-17(27)13(11-22)12-23-7-3-9-25-8-2-6-16(25)26/h1,4-5,10,12,23H,2-3,6-9H2,(H,24,27)/b13-12-. The van der Waals surface area contributed by atoms with Crippen LogP contribution in [0.25, 0.3) is 0 Å². The first-order valence-electron chi connectivity index (χ1n) is 8.41. The lowest BCUT2D eigenvalue weighted by Gasteiger charge is -2.14. The summed E-state index contributed by atoms with van der Waals surface area (Å²) in [6.45, 7) is 1.79. The fourth-order valence-electron chi connectivity index (χ4n) is 2.61. The van der Waals surface area contributed by atoms with Gasteiger partial charge in [-0.05, 0) is 31.0 Å². The first kappa shape index (κ1) is 20.3. The van der Waals surface area contributed by atoms with Crippen LogP contribution in [-0.4, -0.2) is 36.3 Å². The Morgan fingerprint density at radius 2 is 2.15 bits per heavy atom. The summed E-state index contributed by atoms with van der Waals surface area (Å²) in [6, 6.07) is 5.88. The van der Waals surface area contributed by atoms with Crippen LogP contribution in [0.3, 0.4) is 0 Å². The molecule has 0 bridgehead atoms. The maximum absolute atomic E-state index is 12.7. The molecule has 2 N–H and O–H groups in total. The van der Waals surface area contributed by atoms with Gasteiger partial charge in [-0.3, -0.25) is 9.59 Å². The SMILES string of the molecule is N#C/C(=C/NCCCN1CCCC1=O)C(=O)Nc1cccc(C(F)(F)F)c1. The molecule has 0 unspecified atom stereocenters. The molecule has 144 valence electrons. The smallest absolute Gasteiger partial charge is 0.390 e. The van der Waals surface area contributed by atoms with Crippen molar-refractivity contribution in [1.82, 2.24) is 10.2 Å². The number of carbonyl (C=O) groups is 2. The van der Waals surface area contributed by atoms with Crippen molar-refractivity contribution in [3.63, 3.8) is 0 Å². The lowest BCUT2D eigenvalue weighted by molar-refractivity contribution is -0.137. The van der Waals surface area contributed by atoms with Crippen molar-refractivity contribution in [2.24, 2.45) is 0 Å². The van der Waals surface area contributed by atoms with Gasteiger partial charge in [0.25, 0.3) is 5.91 Å². The van der Waals surface area contributed by atoms with Crippen LogP contribution in [-0.2, 0) is 15.8 Å². The molecule has 1 aliphatic heterocycles. The highest BCUT2D eigenvalue weighted by molar-refractivity contribution is 6.06. The zero-order valence-corrected chi connectivity index (χ0v) is 14.5. The summed E-state index contributed by atoms with van der Waals surface area (Å²) in [4.78, 5) is 25.3. The number of nitriles is 1. The van der Waals surface area contributed by atoms with Gasteiger partial charge in [0.15, 0.2) is 0 Å². The largest absolute Gasteiger partial charge is 0.416 e. The van der Waals surface area contributed by atoms with Crippen LogP contribution in [0.5, 0.6) is 0 Å². The van der Waals surface area contributed by atoms with Crippen molar-refractivity contribution in [2.45, 2.75) is 25.4 Å². The molecule has 2 amide bonds.